The lowest BCUT2D eigenvalue weighted by molar-refractivity contribution is 0.0195. The first-order valence-electron chi connectivity index (χ1n) is 25.6. The lowest BCUT2D eigenvalue weighted by Crippen LogP contribution is -2.30. The van der Waals surface area contributed by atoms with Crippen LogP contribution in [0.3, 0.4) is 0 Å². The quantitative estimate of drug-likeness (QED) is 0.0735. The summed E-state index contributed by atoms with van der Waals surface area (Å²) in [5, 5.41) is 203. The Labute approximate surface area is 509 Å². The second kappa shape index (κ2) is 27.8. The van der Waals surface area contributed by atoms with Crippen LogP contribution in [-0.4, -0.2) is 132 Å². The van der Waals surface area contributed by atoms with Gasteiger partial charge in [-0.05, 0) is 65.2 Å². The fraction of sp³-hybridized carbons (Fsp3) is 0.250. The van der Waals surface area contributed by atoms with Gasteiger partial charge < -0.3 is 126 Å². The molecule has 4 aliphatic heterocycles. The lowest BCUT2D eigenvalue weighted by atomic mass is 9.93. The van der Waals surface area contributed by atoms with Crippen LogP contribution >= 0.6 is 0 Å². The van der Waals surface area contributed by atoms with Crippen LogP contribution in [0.5, 0.6) is 121 Å². The van der Waals surface area contributed by atoms with E-state index in [0.717, 1.165) is 18.2 Å². The van der Waals surface area contributed by atoms with Gasteiger partial charge in [0, 0.05) is 102 Å². The van der Waals surface area contributed by atoms with Crippen LogP contribution in [0.1, 0.15) is 98.6 Å². The minimum absolute atomic E-state index is 0. The maximum Gasteiger partial charge on any atom is 0.200 e. The van der Waals surface area contributed by atoms with Crippen molar-refractivity contribution in [3.8, 4) is 121 Å². The Bertz CT molecular complexity index is 3500. The number of benzene rings is 8. The smallest absolute Gasteiger partial charge is 0.200 e. The van der Waals surface area contributed by atoms with Gasteiger partial charge in [-0.2, -0.15) is 0 Å². The van der Waals surface area contributed by atoms with Crippen molar-refractivity contribution in [2.45, 2.75) is 104 Å². The fourth-order valence-electron chi connectivity index (χ4n) is 9.94. The van der Waals surface area contributed by atoms with E-state index < -0.39 is 66.1 Å². The Balaban J connectivity index is 0.000000213. The number of ether oxygens (including phenoxy) is 4. The molecule has 8 aromatic rings. The molecule has 8 aromatic carbocycles. The summed E-state index contributed by atoms with van der Waals surface area (Å²) >= 11 is 0. The molecule has 0 aliphatic carbocycles. The molecular formula is C64H72O25. The van der Waals surface area contributed by atoms with E-state index >= 15 is 0 Å². The first-order valence-corrected chi connectivity index (χ1v) is 25.6. The molecule has 0 bridgehead atoms. The predicted octanol–water partition coefficient (Wildman–Crippen LogP) is 8.43. The number of phenolic OH excluding ortho intramolecular Hbond substituents is 17. The molecule has 8 atom stereocenters. The fourth-order valence-corrected chi connectivity index (χ4v) is 9.94. The number of fused-ring (bicyclic) bond motifs is 4. The number of aromatic hydroxyl groups is 17. The first kappa shape index (κ1) is 69.2. The van der Waals surface area contributed by atoms with Crippen molar-refractivity contribution in [3.05, 3.63) is 160 Å². The van der Waals surface area contributed by atoms with Gasteiger partial charge in [-0.3, -0.25) is 0 Å². The van der Waals surface area contributed by atoms with Crippen LogP contribution in [0.2, 0.25) is 0 Å². The zero-order valence-electron chi connectivity index (χ0n) is 43.9. The zero-order chi connectivity index (χ0) is 61.5. The number of hydrogen-bond donors (Lipinski definition) is 21. The van der Waals surface area contributed by atoms with E-state index in [1.807, 2.05) is 0 Å². The lowest BCUT2D eigenvalue weighted by Gasteiger charge is -2.31. The summed E-state index contributed by atoms with van der Waals surface area (Å²) in [5.41, 5.74) is 3.28. The molecule has 4 aliphatic rings. The van der Waals surface area contributed by atoms with Gasteiger partial charge in [-0.15, -0.1) is 0 Å². The number of aliphatic hydroxyl groups excluding tert-OH is 4. The number of aliphatic hydroxyl groups is 4. The van der Waals surface area contributed by atoms with E-state index in [0.29, 0.717) is 38.9 Å². The standard InChI is InChI=1S/C15H14O7.3C15H14O6.4CH4/c16-7-3-9(17)8-5-12(20)15(22-13(8)4-7)6-1-10(18)14(21)11(19)2-6;3*16-8-4-11(18)9-6-13(20)15(21-14(9)5-8)7-1-2-10(17)12(19)3-7;;;;/h1-4,12,15-21H,5H2;3*1-5,13,15-20H,6H2;4*1H4/t12-,15-;13-,15+;2*13-,15-;;;;/m1110..../s1. The van der Waals surface area contributed by atoms with E-state index in [-0.39, 0.29) is 164 Å². The number of phenols is 17. The van der Waals surface area contributed by atoms with E-state index in [4.69, 9.17) is 18.9 Å². The molecule has 21 N–H and O–H groups in total. The third-order valence-electron chi connectivity index (χ3n) is 14.2. The van der Waals surface area contributed by atoms with Crippen molar-refractivity contribution in [1.29, 1.82) is 0 Å². The van der Waals surface area contributed by atoms with Crippen LogP contribution in [0.15, 0.2) is 115 Å². The molecular weight excluding hydrogens is 1170 g/mol. The predicted molar refractivity (Wildman–Crippen MR) is 319 cm³/mol. The molecule has 25 heteroatoms. The van der Waals surface area contributed by atoms with E-state index in [1.165, 1.54) is 97.1 Å². The summed E-state index contributed by atoms with van der Waals surface area (Å²) in [4.78, 5) is 0. The first-order chi connectivity index (χ1) is 40.2. The molecule has 0 fully saturated rings. The van der Waals surface area contributed by atoms with E-state index in [2.05, 4.69) is 0 Å². The molecule has 0 unspecified atom stereocenters. The van der Waals surface area contributed by atoms with E-state index in [9.17, 15) is 107 Å². The minimum Gasteiger partial charge on any atom is -0.508 e. The van der Waals surface area contributed by atoms with Crippen molar-refractivity contribution in [2.24, 2.45) is 0 Å². The van der Waals surface area contributed by atoms with Crippen molar-refractivity contribution in [3.63, 3.8) is 0 Å². The topological polar surface area (TPSA) is 462 Å². The molecule has 25 nitrogen and oxygen atoms in total. The summed E-state index contributed by atoms with van der Waals surface area (Å²) in [6.45, 7) is 0. The van der Waals surface area contributed by atoms with Gasteiger partial charge in [0.05, 0.1) is 24.4 Å². The van der Waals surface area contributed by atoms with Crippen molar-refractivity contribution in [2.75, 3.05) is 0 Å². The van der Waals surface area contributed by atoms with Crippen LogP contribution in [0, 0.1) is 0 Å². The van der Waals surface area contributed by atoms with Crippen LogP contribution in [-0.2, 0) is 25.7 Å². The van der Waals surface area contributed by atoms with Gasteiger partial charge in [0.15, 0.2) is 57.8 Å². The molecule has 0 aromatic heterocycles. The van der Waals surface area contributed by atoms with Crippen LogP contribution < -0.4 is 18.9 Å². The Hall–Kier alpha value is -10.6. The summed E-state index contributed by atoms with van der Waals surface area (Å²) in [5.74, 6) is -3.71. The Morgan fingerprint density at radius 2 is 0.449 bits per heavy atom. The Kier molecular flexibility index (Phi) is 21.6. The average molecular weight is 1240 g/mol. The third-order valence-corrected chi connectivity index (χ3v) is 14.2. The Morgan fingerprint density at radius 3 is 0.674 bits per heavy atom. The molecule has 478 valence electrons. The molecule has 0 spiro atoms. The highest BCUT2D eigenvalue weighted by Crippen LogP contribution is 2.48. The maximum absolute atomic E-state index is 10.2. The van der Waals surface area contributed by atoms with Crippen molar-refractivity contribution in [1.82, 2.24) is 0 Å². The molecule has 0 saturated heterocycles. The second-order valence-electron chi connectivity index (χ2n) is 20.2. The average Bonchev–Trinajstić information content (AvgIpc) is 1.49. The van der Waals surface area contributed by atoms with Gasteiger partial charge >= 0.3 is 0 Å². The summed E-state index contributed by atoms with van der Waals surface area (Å²) in [7, 11) is 0. The molecule has 0 radical (unpaired) electrons. The van der Waals surface area contributed by atoms with Gasteiger partial charge in [-0.1, -0.05) is 47.9 Å². The maximum atomic E-state index is 10.2. The summed E-state index contributed by atoms with van der Waals surface area (Å²) in [6, 6.07) is 24.8. The van der Waals surface area contributed by atoms with Gasteiger partial charge in [0.2, 0.25) is 0 Å². The molecule has 0 saturated carbocycles. The number of hydrogen-bond acceptors (Lipinski definition) is 25. The molecule has 4 heterocycles. The highest BCUT2D eigenvalue weighted by Gasteiger charge is 2.37. The van der Waals surface area contributed by atoms with Crippen molar-refractivity contribution < 1.29 is 126 Å². The van der Waals surface area contributed by atoms with Crippen LogP contribution in [0.25, 0.3) is 0 Å². The monoisotopic (exact) mass is 1240 g/mol. The minimum atomic E-state index is -1.05. The van der Waals surface area contributed by atoms with Gasteiger partial charge in [0.1, 0.15) is 87.3 Å². The normalized spacial score (nSPS) is 19.6. The summed E-state index contributed by atoms with van der Waals surface area (Å²) < 4.78 is 22.4. The molecule has 89 heavy (non-hydrogen) atoms. The second-order valence-corrected chi connectivity index (χ2v) is 20.2. The van der Waals surface area contributed by atoms with Gasteiger partial charge in [-0.25, -0.2) is 0 Å². The van der Waals surface area contributed by atoms with Crippen LogP contribution in [0.4, 0.5) is 0 Å². The third kappa shape index (κ3) is 14.8. The highest BCUT2D eigenvalue weighted by molar-refractivity contribution is 5.57. The highest BCUT2D eigenvalue weighted by atomic mass is 16.5. The van der Waals surface area contributed by atoms with E-state index in [1.54, 1.807) is 0 Å². The molecule has 12 rings (SSSR count). The Morgan fingerprint density at radius 1 is 0.236 bits per heavy atom. The zero-order valence-corrected chi connectivity index (χ0v) is 43.9. The largest absolute Gasteiger partial charge is 0.508 e. The SMILES string of the molecule is C.C.C.C.Oc1cc(O)c2c(c1)O[C@@H](c1ccc(O)c(O)c1)[C@@H](O)C2.Oc1cc(O)c2c(c1)O[C@@H](c1ccc(O)c(O)c1)[C@H](O)C2.Oc1cc(O)c2c(c1)O[C@H](c1cc(O)c(O)c(O)c1)[C@H](O)C2.Oc1cc(O)c2c(c1)O[C@H](c1ccc(O)c(O)c1)[C@H](O)C2. The summed E-state index contributed by atoms with van der Waals surface area (Å²) in [6.07, 6.45) is -6.60. The molecule has 0 amide bonds. The van der Waals surface area contributed by atoms with Crippen molar-refractivity contribution >= 4 is 0 Å². The van der Waals surface area contributed by atoms with Gasteiger partial charge in [0.25, 0.3) is 0 Å². The number of rotatable bonds is 4.